The van der Waals surface area contributed by atoms with Crippen molar-refractivity contribution in [2.24, 2.45) is 0 Å². The number of hydrogen-bond donors (Lipinski definition) is 2. The molecule has 116 valence electrons. The Bertz CT molecular complexity index is 651. The van der Waals surface area contributed by atoms with Gasteiger partial charge in [0.15, 0.2) is 0 Å². The van der Waals surface area contributed by atoms with E-state index in [0.29, 0.717) is 11.7 Å². The zero-order valence-electron chi connectivity index (χ0n) is 13.3. The summed E-state index contributed by atoms with van der Waals surface area (Å²) in [6, 6.07) is 9.87. The molecule has 5 heteroatoms. The second kappa shape index (κ2) is 6.93. The van der Waals surface area contributed by atoms with Crippen molar-refractivity contribution in [3.05, 3.63) is 47.7 Å². The average molecular weight is 299 g/mol. The van der Waals surface area contributed by atoms with Crippen LogP contribution >= 0.6 is 0 Å². The predicted molar refractivity (Wildman–Crippen MR) is 88.8 cm³/mol. The third-order valence-corrected chi connectivity index (χ3v) is 3.38. The first-order valence-corrected chi connectivity index (χ1v) is 7.19. The number of benzene rings is 1. The number of amides is 1. The lowest BCUT2D eigenvalue weighted by molar-refractivity contribution is 0.187. The highest BCUT2D eigenvalue weighted by Crippen LogP contribution is 2.30. The van der Waals surface area contributed by atoms with Gasteiger partial charge in [-0.3, -0.25) is 5.32 Å². The van der Waals surface area contributed by atoms with Crippen LogP contribution in [0.4, 0.5) is 22.0 Å². The number of nitrogens with one attached hydrogen (secondary N) is 2. The summed E-state index contributed by atoms with van der Waals surface area (Å²) in [5.74, 6) is 0.877. The molecule has 0 atom stereocenters. The van der Waals surface area contributed by atoms with Gasteiger partial charge in [-0.05, 0) is 36.1 Å². The van der Waals surface area contributed by atoms with Crippen LogP contribution in [-0.4, -0.2) is 18.2 Å². The smallest absolute Gasteiger partial charge is 0.412 e. The molecule has 22 heavy (non-hydrogen) atoms. The first-order valence-electron chi connectivity index (χ1n) is 7.19. The molecule has 0 spiro atoms. The molecule has 0 fully saturated rings. The fourth-order valence-electron chi connectivity index (χ4n) is 2.18. The summed E-state index contributed by atoms with van der Waals surface area (Å²) < 4.78 is 4.53. The van der Waals surface area contributed by atoms with Gasteiger partial charge >= 0.3 is 6.09 Å². The Morgan fingerprint density at radius 2 is 2.00 bits per heavy atom. The van der Waals surface area contributed by atoms with E-state index in [2.05, 4.69) is 59.3 Å². The van der Waals surface area contributed by atoms with Crippen LogP contribution in [0.3, 0.4) is 0 Å². The minimum atomic E-state index is -0.533. The van der Waals surface area contributed by atoms with Crippen LogP contribution in [0.15, 0.2) is 36.5 Å². The molecule has 0 aliphatic rings. The molecule has 0 aliphatic heterocycles. The summed E-state index contributed by atoms with van der Waals surface area (Å²) in [7, 11) is 1.32. The van der Waals surface area contributed by atoms with Crippen molar-refractivity contribution in [2.75, 3.05) is 17.7 Å². The normalized spacial score (nSPS) is 10.4. The van der Waals surface area contributed by atoms with Crippen LogP contribution in [0.2, 0.25) is 0 Å². The predicted octanol–water partition coefficient (Wildman–Crippen LogP) is 4.44. The molecular formula is C17H21N3O2. The fraction of sp³-hybridized carbons (Fsp3) is 0.294. The Balaban J connectivity index is 2.20. The van der Waals surface area contributed by atoms with E-state index < -0.39 is 6.09 Å². The monoisotopic (exact) mass is 299 g/mol. The minimum absolute atomic E-state index is 0.427. The minimum Gasteiger partial charge on any atom is -0.453 e. The number of methoxy groups -OCH3 is 1. The summed E-state index contributed by atoms with van der Waals surface area (Å²) in [5, 5.41) is 5.93. The van der Waals surface area contributed by atoms with Crippen LogP contribution in [0.5, 0.6) is 0 Å². The van der Waals surface area contributed by atoms with E-state index in [1.165, 1.54) is 18.2 Å². The fourth-order valence-corrected chi connectivity index (χ4v) is 2.18. The Morgan fingerprint density at radius 1 is 1.23 bits per heavy atom. The van der Waals surface area contributed by atoms with E-state index in [1.807, 2.05) is 6.07 Å². The van der Waals surface area contributed by atoms with Crippen LogP contribution in [0, 0.1) is 6.92 Å². The molecule has 2 aromatic rings. The van der Waals surface area contributed by atoms with Gasteiger partial charge in [-0.2, -0.15) is 0 Å². The van der Waals surface area contributed by atoms with Gasteiger partial charge < -0.3 is 10.1 Å². The van der Waals surface area contributed by atoms with Gasteiger partial charge in [-0.15, -0.1) is 0 Å². The third-order valence-electron chi connectivity index (χ3n) is 3.38. The SMILES string of the molecule is COC(=O)Nc1ccc(Nc2c(C)cccc2C(C)C)cn1. The van der Waals surface area contributed by atoms with Gasteiger partial charge in [0.25, 0.3) is 0 Å². The summed E-state index contributed by atoms with van der Waals surface area (Å²) in [4.78, 5) is 15.3. The summed E-state index contributed by atoms with van der Waals surface area (Å²) in [6.45, 7) is 6.41. The van der Waals surface area contributed by atoms with Crippen LogP contribution in [0.25, 0.3) is 0 Å². The summed E-state index contributed by atoms with van der Waals surface area (Å²) >= 11 is 0. The van der Waals surface area contributed by atoms with Gasteiger partial charge in [-0.25, -0.2) is 9.78 Å². The number of carbonyl (C=O) groups excluding carboxylic acids is 1. The highest BCUT2D eigenvalue weighted by molar-refractivity contribution is 5.83. The van der Waals surface area contributed by atoms with Gasteiger partial charge in [0.1, 0.15) is 5.82 Å². The van der Waals surface area contributed by atoms with Gasteiger partial charge in [0, 0.05) is 5.69 Å². The molecule has 5 nitrogen and oxygen atoms in total. The quantitative estimate of drug-likeness (QED) is 0.876. The van der Waals surface area contributed by atoms with Crippen LogP contribution in [-0.2, 0) is 4.74 Å². The number of nitrogens with zero attached hydrogens (tertiary/aromatic N) is 1. The number of aryl methyl sites for hydroxylation is 1. The van der Waals surface area contributed by atoms with E-state index in [4.69, 9.17) is 0 Å². The molecular weight excluding hydrogens is 278 g/mol. The van der Waals surface area contributed by atoms with Gasteiger partial charge in [0.05, 0.1) is 19.0 Å². The summed E-state index contributed by atoms with van der Waals surface area (Å²) in [5.41, 5.74) is 4.42. The van der Waals surface area contributed by atoms with E-state index in [1.54, 1.807) is 12.3 Å². The highest BCUT2D eigenvalue weighted by Gasteiger charge is 2.09. The maximum atomic E-state index is 11.1. The number of carbonyl (C=O) groups is 1. The maximum Gasteiger partial charge on any atom is 0.412 e. The zero-order valence-corrected chi connectivity index (χ0v) is 13.3. The van der Waals surface area contributed by atoms with Gasteiger partial charge in [-0.1, -0.05) is 32.0 Å². The third kappa shape index (κ3) is 3.75. The number of hydrogen-bond acceptors (Lipinski definition) is 4. The topological polar surface area (TPSA) is 63.2 Å². The van der Waals surface area contributed by atoms with Crippen LogP contribution < -0.4 is 10.6 Å². The molecule has 0 radical (unpaired) electrons. The Labute approximate surface area is 130 Å². The lowest BCUT2D eigenvalue weighted by Gasteiger charge is -2.17. The van der Waals surface area contributed by atoms with Crippen molar-refractivity contribution in [3.8, 4) is 0 Å². The number of rotatable bonds is 4. The number of para-hydroxylation sites is 1. The van der Waals surface area contributed by atoms with E-state index >= 15 is 0 Å². The molecule has 1 heterocycles. The van der Waals surface area contributed by atoms with Gasteiger partial charge in [0.2, 0.25) is 0 Å². The molecule has 2 rings (SSSR count). The van der Waals surface area contributed by atoms with E-state index in [9.17, 15) is 4.79 Å². The summed E-state index contributed by atoms with van der Waals surface area (Å²) in [6.07, 6.45) is 1.15. The van der Waals surface area contributed by atoms with Crippen LogP contribution in [0.1, 0.15) is 30.9 Å². The van der Waals surface area contributed by atoms with Crippen molar-refractivity contribution in [1.82, 2.24) is 4.98 Å². The van der Waals surface area contributed by atoms with Crippen molar-refractivity contribution in [2.45, 2.75) is 26.7 Å². The molecule has 0 saturated heterocycles. The van der Waals surface area contributed by atoms with Crippen molar-refractivity contribution in [3.63, 3.8) is 0 Å². The number of ether oxygens (including phenoxy) is 1. The van der Waals surface area contributed by atoms with Crippen molar-refractivity contribution >= 4 is 23.3 Å². The highest BCUT2D eigenvalue weighted by atomic mass is 16.5. The Hall–Kier alpha value is -2.56. The molecule has 1 aromatic carbocycles. The largest absolute Gasteiger partial charge is 0.453 e. The van der Waals surface area contributed by atoms with Crippen molar-refractivity contribution < 1.29 is 9.53 Å². The molecule has 1 amide bonds. The average Bonchev–Trinajstić information content (AvgIpc) is 2.50. The standard InChI is InChI=1S/C17H21N3O2/c1-11(2)14-7-5-6-12(3)16(14)19-13-8-9-15(18-10-13)20-17(21)22-4/h5-11,19H,1-4H3,(H,18,20,21). The molecule has 0 saturated carbocycles. The Kier molecular flexibility index (Phi) is 4.99. The number of aromatic nitrogens is 1. The maximum absolute atomic E-state index is 11.1. The second-order valence-electron chi connectivity index (χ2n) is 5.37. The molecule has 0 unspecified atom stereocenters. The lowest BCUT2D eigenvalue weighted by Crippen LogP contribution is -2.12. The number of anilines is 3. The molecule has 0 bridgehead atoms. The first-order chi connectivity index (χ1) is 10.5. The second-order valence-corrected chi connectivity index (χ2v) is 5.37. The van der Waals surface area contributed by atoms with E-state index in [-0.39, 0.29) is 0 Å². The lowest BCUT2D eigenvalue weighted by atomic mass is 9.98. The zero-order chi connectivity index (χ0) is 16.1. The molecule has 2 N–H and O–H groups in total. The molecule has 0 aliphatic carbocycles. The Morgan fingerprint density at radius 3 is 2.59 bits per heavy atom. The van der Waals surface area contributed by atoms with E-state index in [0.717, 1.165) is 11.4 Å². The molecule has 1 aromatic heterocycles. The first kappa shape index (κ1) is 15.8. The van der Waals surface area contributed by atoms with Crippen molar-refractivity contribution in [1.29, 1.82) is 0 Å². The number of pyridine rings is 1.